The summed E-state index contributed by atoms with van der Waals surface area (Å²) in [7, 11) is 0. The molecule has 5 heteroatoms. The molecule has 0 radical (unpaired) electrons. The van der Waals surface area contributed by atoms with Crippen LogP contribution in [0.15, 0.2) is 198 Å². The van der Waals surface area contributed by atoms with Crippen LogP contribution in [0.1, 0.15) is 22.9 Å². The molecule has 0 saturated heterocycles. The lowest BCUT2D eigenvalue weighted by molar-refractivity contribution is 0.674. The molecule has 7 aromatic carbocycles. The van der Waals surface area contributed by atoms with Gasteiger partial charge in [0.05, 0.1) is 11.0 Å². The molecule has 1 aromatic heterocycles. The smallest absolute Gasteiger partial charge is 0.159 e. The Labute approximate surface area is 297 Å². The van der Waals surface area contributed by atoms with E-state index >= 15 is 0 Å². The molecule has 242 valence electrons. The maximum atomic E-state index is 5.05. The Bertz CT molecular complexity index is 2530. The normalized spacial score (nSPS) is 14.1. The zero-order valence-corrected chi connectivity index (χ0v) is 27.8. The number of aromatic nitrogens is 2. The summed E-state index contributed by atoms with van der Waals surface area (Å²) >= 11 is 0. The fraction of sp³-hybridized carbons (Fsp3) is 0.0217. The summed E-state index contributed by atoms with van der Waals surface area (Å²) in [5.41, 5.74) is 11.9. The highest BCUT2D eigenvalue weighted by molar-refractivity contribution is 6.13. The number of aliphatic imine (C=N–C) groups is 2. The number of amidine groups is 2. The van der Waals surface area contributed by atoms with Gasteiger partial charge in [0.2, 0.25) is 0 Å². The lowest BCUT2D eigenvalue weighted by atomic mass is 9.97. The van der Waals surface area contributed by atoms with Crippen LogP contribution in [0.5, 0.6) is 0 Å². The van der Waals surface area contributed by atoms with Crippen molar-refractivity contribution < 1.29 is 0 Å². The van der Waals surface area contributed by atoms with E-state index < -0.39 is 0 Å². The van der Waals surface area contributed by atoms with Crippen molar-refractivity contribution in [2.24, 2.45) is 9.98 Å². The fourth-order valence-electron chi connectivity index (χ4n) is 6.71. The largest absolute Gasteiger partial charge is 0.344 e. The van der Waals surface area contributed by atoms with Crippen molar-refractivity contribution in [1.29, 1.82) is 0 Å². The molecule has 1 N–H and O–H groups in total. The van der Waals surface area contributed by atoms with Gasteiger partial charge >= 0.3 is 0 Å². The van der Waals surface area contributed by atoms with Gasteiger partial charge in [0.1, 0.15) is 17.8 Å². The molecule has 9 rings (SSSR count). The lowest BCUT2D eigenvalue weighted by Gasteiger charge is -2.24. The van der Waals surface area contributed by atoms with E-state index in [0.29, 0.717) is 5.84 Å². The molecule has 0 bridgehead atoms. The van der Waals surface area contributed by atoms with Crippen molar-refractivity contribution in [3.05, 3.63) is 205 Å². The monoisotopic (exact) mass is 655 g/mol. The van der Waals surface area contributed by atoms with E-state index in [1.54, 1.807) is 0 Å². The third kappa shape index (κ3) is 6.02. The molecule has 0 spiro atoms. The molecule has 2 heterocycles. The van der Waals surface area contributed by atoms with Gasteiger partial charge in [0.25, 0.3) is 0 Å². The first-order valence-corrected chi connectivity index (χ1v) is 17.1. The number of nitrogens with one attached hydrogen (secondary N) is 1. The van der Waals surface area contributed by atoms with E-state index in [0.717, 1.165) is 72.9 Å². The van der Waals surface area contributed by atoms with Crippen LogP contribution in [0.25, 0.3) is 50.4 Å². The van der Waals surface area contributed by atoms with E-state index in [-0.39, 0.29) is 6.17 Å². The summed E-state index contributed by atoms with van der Waals surface area (Å²) in [5, 5.41) is 3.60. The van der Waals surface area contributed by atoms with Crippen molar-refractivity contribution in [3.8, 4) is 39.3 Å². The molecule has 0 saturated carbocycles. The van der Waals surface area contributed by atoms with Gasteiger partial charge in [-0.25, -0.2) is 15.0 Å². The molecule has 1 aliphatic heterocycles. The Morgan fingerprint density at radius 1 is 0.451 bits per heavy atom. The number of para-hydroxylation sites is 3. The van der Waals surface area contributed by atoms with Crippen molar-refractivity contribution in [1.82, 2.24) is 14.9 Å². The Morgan fingerprint density at radius 3 is 1.73 bits per heavy atom. The van der Waals surface area contributed by atoms with Gasteiger partial charge in [0, 0.05) is 22.4 Å². The lowest BCUT2D eigenvalue weighted by Crippen LogP contribution is -2.33. The predicted octanol–water partition coefficient (Wildman–Crippen LogP) is 10.5. The van der Waals surface area contributed by atoms with Crippen LogP contribution in [0.4, 0.5) is 0 Å². The van der Waals surface area contributed by atoms with Crippen molar-refractivity contribution in [2.75, 3.05) is 0 Å². The van der Waals surface area contributed by atoms with E-state index in [9.17, 15) is 0 Å². The summed E-state index contributed by atoms with van der Waals surface area (Å²) in [6.45, 7) is 0. The van der Waals surface area contributed by atoms with Crippen LogP contribution in [0, 0.1) is 0 Å². The molecule has 51 heavy (non-hydrogen) atoms. The van der Waals surface area contributed by atoms with Crippen LogP contribution in [-0.2, 0) is 0 Å². The molecule has 8 aromatic rings. The molecule has 0 fully saturated rings. The topological polar surface area (TPSA) is 54.6 Å². The fourth-order valence-corrected chi connectivity index (χ4v) is 6.71. The first-order chi connectivity index (χ1) is 25.3. The second kappa shape index (κ2) is 13.2. The van der Waals surface area contributed by atoms with Gasteiger partial charge in [-0.05, 0) is 64.2 Å². The van der Waals surface area contributed by atoms with Gasteiger partial charge in [-0.2, -0.15) is 0 Å². The summed E-state index contributed by atoms with van der Waals surface area (Å²) in [4.78, 5) is 15.1. The highest BCUT2D eigenvalue weighted by atomic mass is 15.2. The zero-order chi connectivity index (χ0) is 34.0. The van der Waals surface area contributed by atoms with E-state index in [4.69, 9.17) is 15.0 Å². The molecular formula is C46H33N5. The Morgan fingerprint density at radius 2 is 1.00 bits per heavy atom. The van der Waals surface area contributed by atoms with Crippen molar-refractivity contribution in [2.45, 2.75) is 6.17 Å². The van der Waals surface area contributed by atoms with E-state index in [1.807, 2.05) is 48.5 Å². The zero-order valence-electron chi connectivity index (χ0n) is 27.8. The summed E-state index contributed by atoms with van der Waals surface area (Å²) in [6.07, 6.45) is -0.243. The Balaban J connectivity index is 1.03. The molecule has 0 aliphatic carbocycles. The second-order valence-corrected chi connectivity index (χ2v) is 12.6. The van der Waals surface area contributed by atoms with E-state index in [2.05, 4.69) is 149 Å². The quantitative estimate of drug-likeness (QED) is 0.186. The highest BCUT2D eigenvalue weighted by Gasteiger charge is 2.21. The summed E-state index contributed by atoms with van der Waals surface area (Å²) < 4.78 is 2.24. The highest BCUT2D eigenvalue weighted by Crippen LogP contribution is 2.32. The Hall–Kier alpha value is -6.85. The van der Waals surface area contributed by atoms with E-state index in [1.165, 1.54) is 0 Å². The predicted molar refractivity (Wildman–Crippen MR) is 209 cm³/mol. The maximum Gasteiger partial charge on any atom is 0.159 e. The minimum Gasteiger partial charge on any atom is -0.344 e. The number of benzene rings is 7. The summed E-state index contributed by atoms with van der Waals surface area (Å²) in [6, 6.07) is 65.2. The molecule has 5 nitrogen and oxygen atoms in total. The molecule has 0 amide bonds. The Kier molecular flexibility index (Phi) is 7.84. The van der Waals surface area contributed by atoms with Crippen molar-refractivity contribution >= 4 is 22.7 Å². The SMILES string of the molecule is c1ccc(C2=NC(c3ccccc3)NC(c3cccc(-c4cccc(-c5ccc(-c6nc7ccccc7n6-c6ccccc6)cc5)c4)c3)=N2)cc1. The first kappa shape index (κ1) is 30.2. The number of hydrogen-bond donors (Lipinski definition) is 1. The number of rotatable bonds is 7. The van der Waals surface area contributed by atoms with Crippen molar-refractivity contribution in [3.63, 3.8) is 0 Å². The molecule has 1 atom stereocenters. The third-order valence-corrected chi connectivity index (χ3v) is 9.27. The van der Waals surface area contributed by atoms with Gasteiger partial charge in [0.15, 0.2) is 5.84 Å². The van der Waals surface area contributed by atoms with Crippen LogP contribution in [0.3, 0.4) is 0 Å². The van der Waals surface area contributed by atoms with Gasteiger partial charge in [-0.1, -0.05) is 152 Å². The van der Waals surface area contributed by atoms with Gasteiger partial charge in [-0.15, -0.1) is 0 Å². The number of nitrogens with zero attached hydrogens (tertiary/aromatic N) is 4. The van der Waals surface area contributed by atoms with Gasteiger partial charge in [-0.3, -0.25) is 4.57 Å². The third-order valence-electron chi connectivity index (χ3n) is 9.27. The number of hydrogen-bond acceptors (Lipinski definition) is 4. The first-order valence-electron chi connectivity index (χ1n) is 17.1. The van der Waals surface area contributed by atoms with Crippen LogP contribution in [0.2, 0.25) is 0 Å². The number of imidazole rings is 1. The molecular weight excluding hydrogens is 623 g/mol. The number of fused-ring (bicyclic) bond motifs is 1. The standard InChI is InChI=1S/C46H33N5/c1-4-14-33(15-5-1)43-48-44(34-16-6-2-7-17-34)50-45(49-43)39-21-13-20-38(31-39)37-19-12-18-36(30-37)32-26-28-35(29-27-32)46-47-41-24-10-11-25-42(41)51(46)40-22-8-3-9-23-40/h1-31,43H,(H,48,49,50). The molecule has 1 aliphatic rings. The second-order valence-electron chi connectivity index (χ2n) is 12.6. The minimum absolute atomic E-state index is 0.243. The minimum atomic E-state index is -0.243. The average molecular weight is 656 g/mol. The molecule has 1 unspecified atom stereocenters. The maximum absolute atomic E-state index is 5.05. The summed E-state index contributed by atoms with van der Waals surface area (Å²) in [5.74, 6) is 2.44. The van der Waals surface area contributed by atoms with Crippen LogP contribution < -0.4 is 5.32 Å². The van der Waals surface area contributed by atoms with Gasteiger partial charge < -0.3 is 5.32 Å². The van der Waals surface area contributed by atoms with Crippen LogP contribution in [-0.4, -0.2) is 21.2 Å². The van der Waals surface area contributed by atoms with Crippen LogP contribution >= 0.6 is 0 Å². The average Bonchev–Trinajstić information content (AvgIpc) is 3.62.